The third kappa shape index (κ3) is 7.59. The van der Waals surface area contributed by atoms with Gasteiger partial charge in [0.15, 0.2) is 5.82 Å². The molecule has 5 aromatic rings. The standard InChI is InChI=1S/C34H28N4O5S/c35-21-28-27(20-29(26-13-4-5-14-30(26)39)37-32(28)38-33(40)31-15-7-18-44-31)24-11-6-12-25(19-24)42-17-8-16-36-34(41)43-22-23-9-2-1-3-10-23/h1-7,9-15,18-20,39H,8,16-17,22H2,(H,36,41)(H,37,38,40). The number of aromatic nitrogens is 1. The molecular formula is C34H28N4O5S. The second kappa shape index (κ2) is 14.5. The topological polar surface area (TPSA) is 134 Å². The van der Waals surface area contributed by atoms with Crippen molar-refractivity contribution < 1.29 is 24.2 Å². The fraction of sp³-hybridized carbons (Fsp3) is 0.118. The summed E-state index contributed by atoms with van der Waals surface area (Å²) < 4.78 is 11.2. The van der Waals surface area contributed by atoms with Gasteiger partial charge in [-0.2, -0.15) is 5.26 Å². The van der Waals surface area contributed by atoms with Crippen LogP contribution in [0.3, 0.4) is 0 Å². The van der Waals surface area contributed by atoms with Crippen molar-refractivity contribution in [1.82, 2.24) is 10.3 Å². The van der Waals surface area contributed by atoms with Crippen molar-refractivity contribution in [2.24, 2.45) is 0 Å². The zero-order chi connectivity index (χ0) is 30.7. The van der Waals surface area contributed by atoms with Gasteiger partial charge in [0.2, 0.25) is 0 Å². The molecule has 0 saturated heterocycles. The fourth-order valence-electron chi connectivity index (χ4n) is 4.36. The van der Waals surface area contributed by atoms with Gasteiger partial charge in [-0.25, -0.2) is 9.78 Å². The molecule has 0 aliphatic carbocycles. The Balaban J connectivity index is 1.30. The van der Waals surface area contributed by atoms with Crippen molar-refractivity contribution in [2.75, 3.05) is 18.5 Å². The van der Waals surface area contributed by atoms with Crippen LogP contribution in [0.2, 0.25) is 0 Å². The lowest BCUT2D eigenvalue weighted by atomic mass is 9.98. The highest BCUT2D eigenvalue weighted by atomic mass is 32.1. The monoisotopic (exact) mass is 604 g/mol. The highest BCUT2D eigenvalue weighted by molar-refractivity contribution is 7.12. The largest absolute Gasteiger partial charge is 0.507 e. The van der Waals surface area contributed by atoms with Crippen LogP contribution in [0.5, 0.6) is 11.5 Å². The van der Waals surface area contributed by atoms with Crippen molar-refractivity contribution in [3.63, 3.8) is 0 Å². The van der Waals surface area contributed by atoms with E-state index in [1.54, 1.807) is 66.0 Å². The van der Waals surface area contributed by atoms with Gasteiger partial charge in [-0.1, -0.05) is 60.7 Å². The van der Waals surface area contributed by atoms with Gasteiger partial charge in [-0.3, -0.25) is 4.79 Å². The molecule has 2 amide bonds. The van der Waals surface area contributed by atoms with E-state index in [9.17, 15) is 20.0 Å². The van der Waals surface area contributed by atoms with Crippen LogP contribution >= 0.6 is 11.3 Å². The minimum atomic E-state index is -0.500. The van der Waals surface area contributed by atoms with Gasteiger partial charge in [-0.05, 0) is 59.3 Å². The predicted octanol–water partition coefficient (Wildman–Crippen LogP) is 7.00. The summed E-state index contributed by atoms with van der Waals surface area (Å²) in [6.45, 7) is 0.892. The molecule has 0 spiro atoms. The van der Waals surface area contributed by atoms with Crippen LogP contribution < -0.4 is 15.4 Å². The molecule has 9 nitrogen and oxygen atoms in total. The first-order valence-corrected chi connectivity index (χ1v) is 14.7. The Morgan fingerprint density at radius 1 is 0.932 bits per heavy atom. The number of ether oxygens (including phenoxy) is 2. The Labute approximate surface area is 258 Å². The molecule has 44 heavy (non-hydrogen) atoms. The number of phenols is 1. The molecule has 0 atom stereocenters. The van der Waals surface area contributed by atoms with E-state index in [0.717, 1.165) is 5.56 Å². The maximum Gasteiger partial charge on any atom is 0.407 e. The lowest BCUT2D eigenvalue weighted by Crippen LogP contribution is -2.26. The van der Waals surface area contributed by atoms with E-state index in [4.69, 9.17) is 9.47 Å². The quantitative estimate of drug-likeness (QED) is 0.138. The number of carbonyl (C=O) groups excluding carboxylic acids is 2. The Kier molecular flexibility index (Phi) is 9.82. The molecule has 0 aliphatic rings. The van der Waals surface area contributed by atoms with Crippen LogP contribution in [-0.2, 0) is 11.3 Å². The molecule has 0 bridgehead atoms. The molecule has 2 aromatic heterocycles. The lowest BCUT2D eigenvalue weighted by Gasteiger charge is -2.15. The van der Waals surface area contributed by atoms with Gasteiger partial charge < -0.3 is 25.2 Å². The third-order valence-electron chi connectivity index (χ3n) is 6.51. The first-order chi connectivity index (χ1) is 21.5. The molecule has 0 aliphatic heterocycles. The van der Waals surface area contributed by atoms with E-state index in [0.29, 0.717) is 52.6 Å². The number of benzene rings is 3. The Morgan fingerprint density at radius 2 is 1.75 bits per heavy atom. The number of nitriles is 1. The smallest absolute Gasteiger partial charge is 0.407 e. The van der Waals surface area contributed by atoms with Crippen molar-refractivity contribution in [1.29, 1.82) is 5.26 Å². The summed E-state index contributed by atoms with van der Waals surface area (Å²) in [6, 6.07) is 30.7. The highest BCUT2D eigenvalue weighted by Crippen LogP contribution is 2.36. The molecule has 0 radical (unpaired) electrons. The van der Waals surface area contributed by atoms with Crippen LogP contribution in [0.4, 0.5) is 10.6 Å². The second-order valence-corrected chi connectivity index (χ2v) is 10.5. The normalized spacial score (nSPS) is 10.4. The number of alkyl carbamates (subject to hydrolysis) is 1. The van der Waals surface area contributed by atoms with Gasteiger partial charge in [0.1, 0.15) is 29.7 Å². The van der Waals surface area contributed by atoms with Gasteiger partial charge in [0.25, 0.3) is 5.91 Å². The van der Waals surface area contributed by atoms with E-state index < -0.39 is 6.09 Å². The van der Waals surface area contributed by atoms with E-state index in [1.807, 2.05) is 36.4 Å². The number of nitrogens with zero attached hydrogens (tertiary/aromatic N) is 2. The highest BCUT2D eigenvalue weighted by Gasteiger charge is 2.20. The number of amides is 2. The maximum atomic E-state index is 12.9. The summed E-state index contributed by atoms with van der Waals surface area (Å²) in [4.78, 5) is 29.9. The number of rotatable bonds is 11. The average molecular weight is 605 g/mol. The predicted molar refractivity (Wildman–Crippen MR) is 169 cm³/mol. The van der Waals surface area contributed by atoms with Crippen molar-refractivity contribution in [3.8, 4) is 40.0 Å². The number of para-hydroxylation sites is 1. The van der Waals surface area contributed by atoms with Crippen molar-refractivity contribution in [3.05, 3.63) is 118 Å². The van der Waals surface area contributed by atoms with Crippen LogP contribution in [0, 0.1) is 11.3 Å². The molecule has 3 N–H and O–H groups in total. The Bertz CT molecular complexity index is 1790. The molecular weight excluding hydrogens is 576 g/mol. The van der Waals surface area contributed by atoms with E-state index >= 15 is 0 Å². The zero-order valence-electron chi connectivity index (χ0n) is 23.5. The molecule has 0 unspecified atom stereocenters. The van der Waals surface area contributed by atoms with Crippen molar-refractivity contribution >= 4 is 29.2 Å². The second-order valence-electron chi connectivity index (χ2n) is 9.56. The average Bonchev–Trinajstić information content (AvgIpc) is 3.60. The van der Waals surface area contributed by atoms with Crippen LogP contribution in [0.1, 0.15) is 27.2 Å². The van der Waals surface area contributed by atoms with Gasteiger partial charge in [-0.15, -0.1) is 11.3 Å². The summed E-state index contributed by atoms with van der Waals surface area (Å²) in [5.74, 6) is 0.265. The maximum absolute atomic E-state index is 12.9. The molecule has 3 aromatic carbocycles. The summed E-state index contributed by atoms with van der Waals surface area (Å²) in [5.41, 5.74) is 3.08. The van der Waals surface area contributed by atoms with E-state index in [1.165, 1.54) is 11.3 Å². The number of nitrogens with one attached hydrogen (secondary N) is 2. The molecule has 0 saturated carbocycles. The van der Waals surface area contributed by atoms with E-state index in [2.05, 4.69) is 21.7 Å². The number of hydrogen-bond acceptors (Lipinski definition) is 8. The van der Waals surface area contributed by atoms with Gasteiger partial charge in [0.05, 0.1) is 17.2 Å². The minimum absolute atomic E-state index is 0.0147. The van der Waals surface area contributed by atoms with Crippen molar-refractivity contribution in [2.45, 2.75) is 13.0 Å². The minimum Gasteiger partial charge on any atom is -0.507 e. The summed E-state index contributed by atoms with van der Waals surface area (Å²) in [5, 5.41) is 28.0. The first kappa shape index (κ1) is 29.8. The summed E-state index contributed by atoms with van der Waals surface area (Å²) >= 11 is 1.27. The number of anilines is 1. The zero-order valence-corrected chi connectivity index (χ0v) is 24.3. The van der Waals surface area contributed by atoms with Gasteiger partial charge in [0, 0.05) is 17.7 Å². The SMILES string of the molecule is N#Cc1c(-c2cccc(OCCCNC(=O)OCc3ccccc3)c2)cc(-c2ccccc2O)nc1NC(=O)c1cccs1. The van der Waals surface area contributed by atoms with Crippen LogP contribution in [0.25, 0.3) is 22.4 Å². The number of carbonyl (C=O) groups is 2. The summed E-state index contributed by atoms with van der Waals surface area (Å²) in [7, 11) is 0. The van der Waals surface area contributed by atoms with Gasteiger partial charge >= 0.3 is 6.09 Å². The molecule has 5 rings (SSSR count). The molecule has 220 valence electrons. The molecule has 0 fully saturated rings. The van der Waals surface area contributed by atoms with Crippen LogP contribution in [-0.4, -0.2) is 35.2 Å². The number of thiophene rings is 1. The van der Waals surface area contributed by atoms with Crippen LogP contribution in [0.15, 0.2) is 102 Å². The number of phenolic OH excluding ortho intramolecular Hbond substituents is 1. The van der Waals surface area contributed by atoms with E-state index in [-0.39, 0.29) is 29.6 Å². The Hall–Kier alpha value is -5.66. The number of hydrogen-bond donors (Lipinski definition) is 3. The fourth-order valence-corrected chi connectivity index (χ4v) is 4.98. The lowest BCUT2D eigenvalue weighted by molar-refractivity contribution is 0.103. The number of aromatic hydroxyl groups is 1. The number of pyridine rings is 1. The molecule has 2 heterocycles. The summed E-state index contributed by atoms with van der Waals surface area (Å²) in [6.07, 6.45) is 0.0412. The Morgan fingerprint density at radius 3 is 2.52 bits per heavy atom. The third-order valence-corrected chi connectivity index (χ3v) is 7.37. The molecule has 10 heteroatoms. The first-order valence-electron chi connectivity index (χ1n) is 13.8.